The van der Waals surface area contributed by atoms with E-state index in [1.165, 1.54) is 58.0 Å². The molecule has 0 aromatic heterocycles. The lowest BCUT2D eigenvalue weighted by Gasteiger charge is -2.17. The molecular formula is C28H33BClO6. The van der Waals surface area contributed by atoms with Crippen LogP contribution in [0.25, 0.3) is 0 Å². The number of halogens is 1. The molecule has 1 N–H and O–H groups in total. The molecule has 2 aromatic rings. The van der Waals surface area contributed by atoms with Gasteiger partial charge in [0.25, 0.3) is 0 Å². The van der Waals surface area contributed by atoms with Gasteiger partial charge in [0, 0.05) is 5.92 Å². The Balaban J connectivity index is 0.000000204. The fourth-order valence-electron chi connectivity index (χ4n) is 3.75. The number of rotatable bonds is 5. The number of esters is 2. The SMILES string of the molecule is COC(=O)c1cccc(O[B]O)c1.COC(=O)c1cccc([C@@H]2C=CCCC2)c1.ClC1C=CCCC1. The first kappa shape index (κ1) is 29.2. The molecule has 36 heavy (non-hydrogen) atoms. The Labute approximate surface area is 219 Å². The summed E-state index contributed by atoms with van der Waals surface area (Å²) in [6.45, 7) is 0. The predicted molar refractivity (Wildman–Crippen MR) is 143 cm³/mol. The normalized spacial score (nSPS) is 17.9. The van der Waals surface area contributed by atoms with Gasteiger partial charge in [0.15, 0.2) is 0 Å². The third-order valence-electron chi connectivity index (χ3n) is 5.63. The van der Waals surface area contributed by atoms with Crippen molar-refractivity contribution in [3.63, 3.8) is 0 Å². The molecule has 0 saturated heterocycles. The summed E-state index contributed by atoms with van der Waals surface area (Å²) < 4.78 is 13.9. The van der Waals surface area contributed by atoms with Crippen molar-refractivity contribution in [2.45, 2.75) is 49.8 Å². The van der Waals surface area contributed by atoms with Gasteiger partial charge in [0.1, 0.15) is 5.75 Å². The Morgan fingerprint density at radius 3 is 2.00 bits per heavy atom. The topological polar surface area (TPSA) is 82.1 Å². The summed E-state index contributed by atoms with van der Waals surface area (Å²) in [6.07, 6.45) is 15.9. The van der Waals surface area contributed by atoms with Gasteiger partial charge in [-0.2, -0.15) is 0 Å². The van der Waals surface area contributed by atoms with E-state index < -0.39 is 5.97 Å². The first-order chi connectivity index (χ1) is 17.5. The van der Waals surface area contributed by atoms with Crippen LogP contribution in [0.3, 0.4) is 0 Å². The van der Waals surface area contributed by atoms with Crippen molar-refractivity contribution in [1.82, 2.24) is 0 Å². The van der Waals surface area contributed by atoms with Crippen molar-refractivity contribution >= 4 is 31.2 Å². The zero-order valence-corrected chi connectivity index (χ0v) is 21.5. The number of methoxy groups -OCH3 is 2. The Morgan fingerprint density at radius 1 is 0.889 bits per heavy atom. The van der Waals surface area contributed by atoms with Crippen LogP contribution >= 0.6 is 11.6 Å². The molecule has 0 saturated carbocycles. The average molecular weight is 512 g/mol. The van der Waals surface area contributed by atoms with E-state index in [4.69, 9.17) is 21.4 Å². The van der Waals surface area contributed by atoms with Crippen LogP contribution in [-0.2, 0) is 9.47 Å². The third kappa shape index (κ3) is 10.3. The van der Waals surface area contributed by atoms with Crippen molar-refractivity contribution < 1.29 is 28.7 Å². The summed E-state index contributed by atoms with van der Waals surface area (Å²) in [7, 11) is 3.26. The Hall–Kier alpha value is -3.03. The highest BCUT2D eigenvalue weighted by molar-refractivity contribution is 6.21. The van der Waals surface area contributed by atoms with Crippen LogP contribution in [0.1, 0.15) is 70.7 Å². The summed E-state index contributed by atoms with van der Waals surface area (Å²) in [6, 6.07) is 14.0. The number of carbonyl (C=O) groups is 2. The van der Waals surface area contributed by atoms with E-state index in [0.717, 1.165) is 6.42 Å². The Bertz CT molecular complexity index is 1020. The van der Waals surface area contributed by atoms with E-state index in [0.29, 0.717) is 35.9 Å². The van der Waals surface area contributed by atoms with E-state index in [9.17, 15) is 9.59 Å². The minimum Gasteiger partial charge on any atom is -0.537 e. The molecule has 1 radical (unpaired) electrons. The monoisotopic (exact) mass is 511 g/mol. The van der Waals surface area contributed by atoms with Crippen molar-refractivity contribution in [1.29, 1.82) is 0 Å². The molecule has 2 atom stereocenters. The van der Waals surface area contributed by atoms with Gasteiger partial charge < -0.3 is 19.2 Å². The number of alkyl halides is 1. The largest absolute Gasteiger partial charge is 0.569 e. The summed E-state index contributed by atoms with van der Waals surface area (Å²) in [5, 5.41) is 8.67. The lowest BCUT2D eigenvalue weighted by Crippen LogP contribution is -2.04. The number of hydrogen-bond acceptors (Lipinski definition) is 6. The molecule has 2 aromatic carbocycles. The summed E-state index contributed by atoms with van der Waals surface area (Å²) in [5.74, 6) is 0.133. The molecule has 191 valence electrons. The van der Waals surface area contributed by atoms with Crippen LogP contribution in [0, 0.1) is 0 Å². The summed E-state index contributed by atoms with van der Waals surface area (Å²) >= 11 is 5.73. The standard InChI is InChI=1S/C14H16O2.C8H8BO4.C6H9Cl/c1-16-14(15)13-9-5-8-12(10-13)11-6-3-2-4-7-11;1-12-8(10)6-3-2-4-7(5-6)13-9-11;7-6-4-2-1-3-5-6/h3,5-6,8-11H,2,4,7H2,1H3;2-5,11H,1H3;2,4,6H,1,3,5H2/t11-;;/m1../s1. The van der Waals surface area contributed by atoms with Crippen molar-refractivity contribution in [2.75, 3.05) is 14.2 Å². The zero-order chi connectivity index (χ0) is 26.2. The molecule has 0 spiro atoms. The van der Waals surface area contributed by atoms with Gasteiger partial charge in [-0.15, -0.1) is 11.6 Å². The first-order valence-corrected chi connectivity index (χ1v) is 12.4. The summed E-state index contributed by atoms with van der Waals surface area (Å²) in [5.41, 5.74) is 2.22. The van der Waals surface area contributed by atoms with Crippen molar-refractivity contribution in [3.8, 4) is 5.75 Å². The van der Waals surface area contributed by atoms with Crippen LogP contribution < -0.4 is 4.65 Å². The van der Waals surface area contributed by atoms with Crippen LogP contribution in [0.5, 0.6) is 5.75 Å². The maximum Gasteiger partial charge on any atom is 0.569 e. The van der Waals surface area contributed by atoms with Gasteiger partial charge in [-0.1, -0.05) is 42.5 Å². The fourth-order valence-corrected chi connectivity index (χ4v) is 4.01. The van der Waals surface area contributed by atoms with Crippen molar-refractivity contribution in [2.24, 2.45) is 0 Å². The van der Waals surface area contributed by atoms with E-state index in [1.807, 2.05) is 12.1 Å². The second kappa shape index (κ2) is 16.6. The highest BCUT2D eigenvalue weighted by Gasteiger charge is 2.13. The quantitative estimate of drug-likeness (QED) is 0.229. The second-order valence-electron chi connectivity index (χ2n) is 8.20. The average Bonchev–Trinajstić information content (AvgIpc) is 2.94. The number of carbonyl (C=O) groups excluding carboxylic acids is 2. The summed E-state index contributed by atoms with van der Waals surface area (Å²) in [4.78, 5) is 22.4. The van der Waals surface area contributed by atoms with Gasteiger partial charge in [-0.05, 0) is 74.4 Å². The fraction of sp³-hybridized carbons (Fsp3) is 0.357. The van der Waals surface area contributed by atoms with Crippen LogP contribution in [0.15, 0.2) is 72.8 Å². The molecule has 0 bridgehead atoms. The number of hydrogen-bond donors (Lipinski definition) is 1. The first-order valence-electron chi connectivity index (χ1n) is 11.9. The molecule has 0 amide bonds. The molecule has 1 unspecified atom stereocenters. The van der Waals surface area contributed by atoms with Crippen LogP contribution in [-0.4, -0.2) is 44.2 Å². The zero-order valence-electron chi connectivity index (χ0n) is 20.8. The second-order valence-corrected chi connectivity index (χ2v) is 8.76. The van der Waals surface area contributed by atoms with E-state index in [-0.39, 0.29) is 5.97 Å². The Morgan fingerprint density at radius 2 is 1.50 bits per heavy atom. The lowest BCUT2D eigenvalue weighted by molar-refractivity contribution is 0.0591. The van der Waals surface area contributed by atoms with Gasteiger partial charge in [-0.25, -0.2) is 9.59 Å². The molecule has 2 aliphatic rings. The van der Waals surface area contributed by atoms with Gasteiger partial charge in [0.05, 0.1) is 30.7 Å². The molecule has 6 nitrogen and oxygen atoms in total. The molecule has 2 aliphatic carbocycles. The van der Waals surface area contributed by atoms with Crippen LogP contribution in [0.2, 0.25) is 0 Å². The highest BCUT2D eigenvalue weighted by atomic mass is 35.5. The molecule has 0 heterocycles. The van der Waals surface area contributed by atoms with E-state index >= 15 is 0 Å². The Kier molecular flexibility index (Phi) is 13.5. The molecule has 0 fully saturated rings. The minimum absolute atomic E-state index is 0.262. The molecule has 8 heteroatoms. The number of benzene rings is 2. The third-order valence-corrected chi connectivity index (χ3v) is 5.99. The molecule has 0 aliphatic heterocycles. The smallest absolute Gasteiger partial charge is 0.537 e. The maximum absolute atomic E-state index is 11.4. The maximum atomic E-state index is 11.4. The van der Waals surface area contributed by atoms with E-state index in [1.54, 1.807) is 24.3 Å². The van der Waals surface area contributed by atoms with Gasteiger partial charge in [0.2, 0.25) is 0 Å². The lowest BCUT2D eigenvalue weighted by atomic mass is 9.88. The van der Waals surface area contributed by atoms with Crippen LogP contribution in [0.4, 0.5) is 0 Å². The van der Waals surface area contributed by atoms with E-state index in [2.05, 4.69) is 39.8 Å². The molecular weight excluding hydrogens is 479 g/mol. The van der Waals surface area contributed by atoms with Gasteiger partial charge in [-0.3, -0.25) is 0 Å². The predicted octanol–water partition coefficient (Wildman–Crippen LogP) is 6.01. The molecule has 4 rings (SSSR count). The van der Waals surface area contributed by atoms with Gasteiger partial charge >= 0.3 is 19.6 Å². The minimum atomic E-state index is -0.441. The number of allylic oxidation sites excluding steroid dienone is 4. The number of ether oxygens (including phenoxy) is 2. The highest BCUT2D eigenvalue weighted by Crippen LogP contribution is 2.28. The van der Waals surface area contributed by atoms with Crippen molar-refractivity contribution in [3.05, 3.63) is 89.5 Å².